The molecule has 7 heteroatoms. The molecule has 0 unspecified atom stereocenters. The number of hydrogen-bond acceptors (Lipinski definition) is 4. The molecular weight excluding hydrogens is 448 g/mol. The van der Waals surface area contributed by atoms with E-state index in [1.165, 1.54) is 24.3 Å². The van der Waals surface area contributed by atoms with Crippen LogP contribution in [0.1, 0.15) is 23.9 Å². The smallest absolute Gasteiger partial charge is 0.287 e. The van der Waals surface area contributed by atoms with Crippen molar-refractivity contribution in [1.29, 1.82) is 0 Å². The molecule has 0 aliphatic rings. The number of nitrogens with zero attached hydrogens (tertiary/aromatic N) is 2. The van der Waals surface area contributed by atoms with E-state index in [4.69, 9.17) is 9.40 Å². The molecule has 35 heavy (non-hydrogen) atoms. The fraction of sp³-hybridized carbons (Fsp3) is 0.107. The fourth-order valence-corrected chi connectivity index (χ4v) is 4.02. The van der Waals surface area contributed by atoms with Crippen LogP contribution < -0.4 is 5.32 Å². The van der Waals surface area contributed by atoms with E-state index < -0.39 is 0 Å². The third-order valence-corrected chi connectivity index (χ3v) is 5.66. The van der Waals surface area contributed by atoms with Gasteiger partial charge in [-0.1, -0.05) is 19.1 Å². The Kier molecular flexibility index (Phi) is 6.06. The first-order valence-corrected chi connectivity index (χ1v) is 11.2. The molecule has 0 aliphatic carbocycles. The van der Waals surface area contributed by atoms with Crippen molar-refractivity contribution < 1.29 is 18.0 Å². The Labute approximate surface area is 200 Å². The Morgan fingerprint density at radius 2 is 1.46 bits per heavy atom. The van der Waals surface area contributed by atoms with E-state index in [9.17, 15) is 13.6 Å². The second-order valence-corrected chi connectivity index (χ2v) is 8.05. The molecule has 0 fully saturated rings. The van der Waals surface area contributed by atoms with E-state index in [2.05, 4.69) is 10.3 Å². The first-order valence-electron chi connectivity index (χ1n) is 11.2. The summed E-state index contributed by atoms with van der Waals surface area (Å²) < 4.78 is 33.5. The maximum atomic E-state index is 13.8. The molecule has 0 bridgehead atoms. The summed E-state index contributed by atoms with van der Waals surface area (Å²) >= 11 is 0. The predicted octanol–water partition coefficient (Wildman–Crippen LogP) is 6.64. The van der Waals surface area contributed by atoms with Gasteiger partial charge in [-0.15, -0.1) is 0 Å². The SMILES string of the molecule is CCCNC(=O)c1cc2c(-c3ccc(F)cc3)c(-c3ccncc3)c(-c3ccc(F)cc3)nc2o1. The molecule has 3 aromatic heterocycles. The van der Waals surface area contributed by atoms with Crippen LogP contribution in [0.4, 0.5) is 8.78 Å². The quantitative estimate of drug-likeness (QED) is 0.303. The van der Waals surface area contributed by atoms with Crippen molar-refractivity contribution in [2.75, 3.05) is 6.54 Å². The minimum Gasteiger partial charge on any atom is -0.433 e. The van der Waals surface area contributed by atoms with Crippen LogP contribution in [-0.4, -0.2) is 22.4 Å². The second-order valence-electron chi connectivity index (χ2n) is 8.05. The van der Waals surface area contributed by atoms with Gasteiger partial charge in [0, 0.05) is 41.0 Å². The maximum Gasteiger partial charge on any atom is 0.287 e. The lowest BCUT2D eigenvalue weighted by molar-refractivity contribution is 0.0928. The molecule has 5 aromatic rings. The van der Waals surface area contributed by atoms with Crippen LogP contribution in [0.3, 0.4) is 0 Å². The highest BCUT2D eigenvalue weighted by Crippen LogP contribution is 2.44. The lowest BCUT2D eigenvalue weighted by Gasteiger charge is -2.16. The molecular formula is C28H21F2N3O2. The van der Waals surface area contributed by atoms with Gasteiger partial charge in [-0.3, -0.25) is 9.78 Å². The van der Waals surface area contributed by atoms with E-state index >= 15 is 0 Å². The van der Waals surface area contributed by atoms with Gasteiger partial charge in [0.15, 0.2) is 5.76 Å². The van der Waals surface area contributed by atoms with Gasteiger partial charge in [0.05, 0.1) is 5.69 Å². The van der Waals surface area contributed by atoms with Gasteiger partial charge in [0.1, 0.15) is 11.6 Å². The van der Waals surface area contributed by atoms with Crippen LogP contribution in [0.2, 0.25) is 0 Å². The molecule has 0 spiro atoms. The lowest BCUT2D eigenvalue weighted by Crippen LogP contribution is -2.23. The number of amides is 1. The first kappa shape index (κ1) is 22.4. The summed E-state index contributed by atoms with van der Waals surface area (Å²) in [6.07, 6.45) is 4.12. The molecule has 5 nitrogen and oxygen atoms in total. The van der Waals surface area contributed by atoms with Crippen LogP contribution in [0.5, 0.6) is 0 Å². The molecule has 3 heterocycles. The van der Waals surface area contributed by atoms with E-state index in [1.54, 1.807) is 42.7 Å². The third kappa shape index (κ3) is 4.40. The number of hydrogen-bond donors (Lipinski definition) is 1. The summed E-state index contributed by atoms with van der Waals surface area (Å²) in [5, 5.41) is 3.42. The minimum absolute atomic E-state index is 0.126. The average molecular weight is 469 g/mol. The van der Waals surface area contributed by atoms with Crippen LogP contribution in [0.15, 0.2) is 83.5 Å². The molecule has 174 valence electrons. The zero-order valence-corrected chi connectivity index (χ0v) is 18.9. The maximum absolute atomic E-state index is 13.8. The average Bonchev–Trinajstić information content (AvgIpc) is 3.32. The van der Waals surface area contributed by atoms with Crippen molar-refractivity contribution in [2.24, 2.45) is 0 Å². The summed E-state index contributed by atoms with van der Waals surface area (Å²) in [6.45, 7) is 2.47. The lowest BCUT2D eigenvalue weighted by atomic mass is 9.89. The predicted molar refractivity (Wildman–Crippen MR) is 131 cm³/mol. The van der Waals surface area contributed by atoms with Crippen LogP contribution in [0.25, 0.3) is 44.6 Å². The minimum atomic E-state index is -0.369. The topological polar surface area (TPSA) is 68.0 Å². The highest BCUT2D eigenvalue weighted by atomic mass is 19.1. The molecule has 0 atom stereocenters. The zero-order chi connectivity index (χ0) is 24.4. The van der Waals surface area contributed by atoms with Crippen molar-refractivity contribution in [2.45, 2.75) is 13.3 Å². The number of furan rings is 1. The number of benzene rings is 2. The Morgan fingerprint density at radius 1 is 0.857 bits per heavy atom. The number of nitrogens with one attached hydrogen (secondary N) is 1. The molecule has 1 N–H and O–H groups in total. The first-order chi connectivity index (χ1) is 17.0. The van der Waals surface area contributed by atoms with Crippen molar-refractivity contribution in [3.8, 4) is 33.5 Å². The Hall–Kier alpha value is -4.39. The Morgan fingerprint density at radius 3 is 2.09 bits per heavy atom. The van der Waals surface area contributed by atoms with Crippen molar-refractivity contribution in [3.05, 3.63) is 96.5 Å². The summed E-state index contributed by atoms with van der Waals surface area (Å²) in [7, 11) is 0. The second kappa shape index (κ2) is 9.46. The van der Waals surface area contributed by atoms with Gasteiger partial charge >= 0.3 is 0 Å². The zero-order valence-electron chi connectivity index (χ0n) is 18.9. The number of aromatic nitrogens is 2. The molecule has 2 aromatic carbocycles. The normalized spacial score (nSPS) is 11.1. The van der Waals surface area contributed by atoms with Gasteiger partial charge < -0.3 is 9.73 Å². The van der Waals surface area contributed by atoms with Crippen molar-refractivity contribution in [3.63, 3.8) is 0 Å². The molecule has 5 rings (SSSR count). The summed E-state index contributed by atoms with van der Waals surface area (Å²) in [5.74, 6) is -0.952. The van der Waals surface area contributed by atoms with E-state index in [1.807, 2.05) is 19.1 Å². The summed E-state index contributed by atoms with van der Waals surface area (Å²) in [4.78, 5) is 21.6. The summed E-state index contributed by atoms with van der Waals surface area (Å²) in [5.41, 5.74) is 4.44. The molecule has 0 radical (unpaired) electrons. The Balaban J connectivity index is 1.86. The van der Waals surface area contributed by atoms with Gasteiger partial charge in [-0.25, -0.2) is 13.8 Å². The molecule has 0 saturated heterocycles. The van der Waals surface area contributed by atoms with Crippen LogP contribution in [-0.2, 0) is 0 Å². The highest BCUT2D eigenvalue weighted by molar-refractivity contribution is 6.08. The Bertz CT molecular complexity index is 1500. The van der Waals surface area contributed by atoms with Gasteiger partial charge in [0.25, 0.3) is 5.91 Å². The van der Waals surface area contributed by atoms with Crippen LogP contribution in [0, 0.1) is 11.6 Å². The number of halogens is 2. The molecule has 0 saturated carbocycles. The van der Waals surface area contributed by atoms with E-state index in [-0.39, 0.29) is 29.0 Å². The van der Waals surface area contributed by atoms with E-state index in [0.29, 0.717) is 23.2 Å². The fourth-order valence-electron chi connectivity index (χ4n) is 4.02. The third-order valence-electron chi connectivity index (χ3n) is 5.66. The number of carbonyl (C=O) groups excluding carboxylic acids is 1. The van der Waals surface area contributed by atoms with Crippen molar-refractivity contribution in [1.82, 2.24) is 15.3 Å². The standard InChI is InChI=1S/C28H21F2N3O2/c1-2-13-32-27(34)23-16-22-24(17-3-7-20(29)8-4-17)25(18-11-14-31-15-12-18)26(33-28(22)35-23)19-5-9-21(30)10-6-19/h3-12,14-16H,2,13H2,1H3,(H,32,34). The number of pyridine rings is 2. The number of rotatable bonds is 6. The monoisotopic (exact) mass is 469 g/mol. The van der Waals surface area contributed by atoms with Gasteiger partial charge in [0.2, 0.25) is 5.71 Å². The molecule has 1 amide bonds. The summed E-state index contributed by atoms with van der Waals surface area (Å²) in [6, 6.07) is 17.5. The van der Waals surface area contributed by atoms with Gasteiger partial charge in [-0.2, -0.15) is 0 Å². The van der Waals surface area contributed by atoms with Gasteiger partial charge in [-0.05, 0) is 72.1 Å². The number of carbonyl (C=O) groups is 1. The number of fused-ring (bicyclic) bond motifs is 1. The highest BCUT2D eigenvalue weighted by Gasteiger charge is 2.24. The van der Waals surface area contributed by atoms with Crippen molar-refractivity contribution >= 4 is 17.0 Å². The molecule has 0 aliphatic heterocycles. The van der Waals surface area contributed by atoms with Crippen LogP contribution >= 0.6 is 0 Å². The largest absolute Gasteiger partial charge is 0.433 e. The van der Waals surface area contributed by atoms with E-state index in [0.717, 1.165) is 28.7 Å².